The summed E-state index contributed by atoms with van der Waals surface area (Å²) in [6.45, 7) is 2.75. The summed E-state index contributed by atoms with van der Waals surface area (Å²) in [6, 6.07) is 0. The topological polar surface area (TPSA) is 160 Å². The molecule has 10 heteroatoms. The Bertz CT molecular complexity index is 364. The van der Waals surface area contributed by atoms with E-state index >= 15 is 0 Å². The highest BCUT2D eigenvalue weighted by Crippen LogP contribution is 2.15. The first-order chi connectivity index (χ1) is 12.3. The molecule has 154 valence electrons. The zero-order valence-electron chi connectivity index (χ0n) is 15.1. The quantitative estimate of drug-likeness (QED) is 0.276. The molecule has 0 aromatic carbocycles. The number of aliphatic carboxylic acids is 3. The second-order valence-electron chi connectivity index (χ2n) is 5.19. The maximum Gasteiger partial charge on any atom is 0.306 e. The molecule has 1 unspecified atom stereocenters. The lowest BCUT2D eigenvalue weighted by Crippen LogP contribution is -2.15. The van der Waals surface area contributed by atoms with Gasteiger partial charge in [-0.2, -0.15) is 0 Å². The van der Waals surface area contributed by atoms with Crippen LogP contribution >= 0.6 is 0 Å². The van der Waals surface area contributed by atoms with Gasteiger partial charge in [0.1, 0.15) is 0 Å². The monoisotopic (exact) mass is 382 g/mol. The van der Waals surface area contributed by atoms with E-state index in [1.165, 1.54) is 0 Å². The van der Waals surface area contributed by atoms with Crippen LogP contribution in [0.25, 0.3) is 0 Å². The lowest BCUT2D eigenvalue weighted by molar-refractivity contribution is -0.144. The van der Waals surface area contributed by atoms with Gasteiger partial charge in [-0.25, -0.2) is 0 Å². The van der Waals surface area contributed by atoms with E-state index in [4.69, 9.17) is 34.6 Å². The second kappa shape index (κ2) is 19.6. The predicted molar refractivity (Wildman–Crippen MR) is 90.1 cm³/mol. The third kappa shape index (κ3) is 22.2. The molecule has 0 saturated carbocycles. The average molecular weight is 382 g/mol. The maximum absolute atomic E-state index is 10.6. The highest BCUT2D eigenvalue weighted by Gasteiger charge is 2.18. The van der Waals surface area contributed by atoms with Gasteiger partial charge in [0.25, 0.3) is 0 Å². The highest BCUT2D eigenvalue weighted by atomic mass is 16.5. The van der Waals surface area contributed by atoms with Gasteiger partial charge in [0.05, 0.1) is 45.6 Å². The minimum absolute atomic E-state index is 0.0459. The Morgan fingerprint density at radius 3 is 1.81 bits per heavy atom. The van der Waals surface area contributed by atoms with E-state index in [0.717, 1.165) is 0 Å². The number of hydrogen-bond acceptors (Lipinski definition) is 7. The summed E-state index contributed by atoms with van der Waals surface area (Å²) < 4.78 is 14.8. The summed E-state index contributed by atoms with van der Waals surface area (Å²) in [6.07, 6.45) is 0.214. The van der Waals surface area contributed by atoms with Crippen LogP contribution in [0.15, 0.2) is 0 Å². The number of aliphatic hydroxyl groups excluding tert-OH is 1. The fourth-order valence-electron chi connectivity index (χ4n) is 1.72. The molecule has 0 aromatic heterocycles. The van der Waals surface area contributed by atoms with Crippen molar-refractivity contribution in [3.05, 3.63) is 0 Å². The van der Waals surface area contributed by atoms with Gasteiger partial charge >= 0.3 is 17.9 Å². The number of carboxylic acid groups (broad SMARTS) is 3. The van der Waals surface area contributed by atoms with E-state index in [1.807, 2.05) is 0 Å². The summed E-state index contributed by atoms with van der Waals surface area (Å²) >= 11 is 0. The molecular weight excluding hydrogens is 352 g/mol. The summed E-state index contributed by atoms with van der Waals surface area (Å²) in [7, 11) is 1.63. The molecule has 0 saturated heterocycles. The molecule has 0 amide bonds. The van der Waals surface area contributed by atoms with Gasteiger partial charge in [0, 0.05) is 20.0 Å². The molecule has 0 aliphatic heterocycles. The van der Waals surface area contributed by atoms with E-state index in [1.54, 1.807) is 7.11 Å². The summed E-state index contributed by atoms with van der Waals surface area (Å²) in [5, 5.41) is 33.7. The van der Waals surface area contributed by atoms with Crippen molar-refractivity contribution in [2.24, 2.45) is 5.92 Å². The Kier molecular flexibility index (Phi) is 19.9. The zero-order chi connectivity index (χ0) is 20.2. The van der Waals surface area contributed by atoms with Crippen LogP contribution in [0.3, 0.4) is 0 Å². The van der Waals surface area contributed by atoms with Crippen LogP contribution in [0.5, 0.6) is 0 Å². The Balaban J connectivity index is 0. The summed E-state index contributed by atoms with van der Waals surface area (Å²) in [5.41, 5.74) is 0. The highest BCUT2D eigenvalue weighted by molar-refractivity contribution is 5.72. The van der Waals surface area contributed by atoms with Gasteiger partial charge < -0.3 is 34.6 Å². The molecule has 4 N–H and O–H groups in total. The predicted octanol–water partition coefficient (Wildman–Crippen LogP) is 0.465. The van der Waals surface area contributed by atoms with Crippen molar-refractivity contribution in [2.45, 2.75) is 32.1 Å². The van der Waals surface area contributed by atoms with Crippen LogP contribution in [0.4, 0.5) is 0 Å². The van der Waals surface area contributed by atoms with Gasteiger partial charge in [-0.1, -0.05) is 0 Å². The van der Waals surface area contributed by atoms with Crippen molar-refractivity contribution >= 4 is 17.9 Å². The van der Waals surface area contributed by atoms with Gasteiger partial charge in [-0.05, 0) is 19.3 Å². The Labute approximate surface area is 152 Å². The van der Waals surface area contributed by atoms with E-state index in [0.29, 0.717) is 33.0 Å². The Morgan fingerprint density at radius 2 is 1.35 bits per heavy atom. The molecule has 0 radical (unpaired) electrons. The summed E-state index contributed by atoms with van der Waals surface area (Å²) in [4.78, 5) is 31.0. The SMILES string of the molecule is COCCOCCOCCO.O=C(O)CCCC(CCC(=O)O)C(=O)O. The van der Waals surface area contributed by atoms with Crippen molar-refractivity contribution in [2.75, 3.05) is 46.8 Å². The average Bonchev–Trinajstić information content (AvgIpc) is 2.57. The number of carboxylic acids is 3. The molecular formula is C16H30O10. The fraction of sp³-hybridized carbons (Fsp3) is 0.812. The molecule has 0 aliphatic rings. The molecule has 1 atom stereocenters. The number of ether oxygens (including phenoxy) is 3. The first-order valence-corrected chi connectivity index (χ1v) is 8.26. The fourth-order valence-corrected chi connectivity index (χ4v) is 1.72. The Morgan fingerprint density at radius 1 is 0.808 bits per heavy atom. The minimum Gasteiger partial charge on any atom is -0.481 e. The van der Waals surface area contributed by atoms with Crippen molar-refractivity contribution in [1.82, 2.24) is 0 Å². The number of aliphatic hydroxyl groups is 1. The van der Waals surface area contributed by atoms with Crippen LogP contribution in [-0.4, -0.2) is 85.1 Å². The van der Waals surface area contributed by atoms with Crippen molar-refractivity contribution in [3.8, 4) is 0 Å². The molecule has 0 aromatic rings. The van der Waals surface area contributed by atoms with Gasteiger partial charge in [-0.15, -0.1) is 0 Å². The molecule has 0 spiro atoms. The van der Waals surface area contributed by atoms with Crippen molar-refractivity contribution < 1.29 is 49.0 Å². The normalized spacial score (nSPS) is 11.3. The number of methoxy groups -OCH3 is 1. The van der Waals surface area contributed by atoms with Crippen LogP contribution < -0.4 is 0 Å². The number of carbonyl (C=O) groups is 3. The molecule has 10 nitrogen and oxygen atoms in total. The van der Waals surface area contributed by atoms with Crippen LogP contribution in [0.1, 0.15) is 32.1 Å². The molecule has 0 bridgehead atoms. The van der Waals surface area contributed by atoms with E-state index in [-0.39, 0.29) is 38.7 Å². The van der Waals surface area contributed by atoms with E-state index in [2.05, 4.69) is 0 Å². The molecule has 0 heterocycles. The summed E-state index contributed by atoms with van der Waals surface area (Å²) in [5.74, 6) is -3.85. The molecule has 0 aliphatic carbocycles. The van der Waals surface area contributed by atoms with Crippen LogP contribution in [0.2, 0.25) is 0 Å². The third-order valence-corrected chi connectivity index (χ3v) is 3.04. The second-order valence-corrected chi connectivity index (χ2v) is 5.19. The standard InChI is InChI=1S/C9H14O6.C7H16O4/c10-7(11)3-1-2-6(9(14)15)4-5-8(12)13;1-9-4-5-11-7-6-10-3-2-8/h6H,1-5H2,(H,10,11)(H,12,13)(H,14,15);8H,2-7H2,1H3. The Hall–Kier alpha value is -1.75. The number of hydrogen-bond donors (Lipinski definition) is 4. The molecule has 0 rings (SSSR count). The number of rotatable bonds is 16. The first-order valence-electron chi connectivity index (χ1n) is 8.26. The molecule has 26 heavy (non-hydrogen) atoms. The first kappa shape index (κ1) is 26.5. The lowest BCUT2D eigenvalue weighted by Gasteiger charge is -2.09. The lowest BCUT2D eigenvalue weighted by atomic mass is 9.97. The zero-order valence-corrected chi connectivity index (χ0v) is 15.1. The van der Waals surface area contributed by atoms with Gasteiger partial charge in [-0.3, -0.25) is 14.4 Å². The largest absolute Gasteiger partial charge is 0.481 e. The maximum atomic E-state index is 10.6. The molecule has 0 fully saturated rings. The smallest absolute Gasteiger partial charge is 0.306 e. The van der Waals surface area contributed by atoms with E-state index in [9.17, 15) is 14.4 Å². The van der Waals surface area contributed by atoms with Gasteiger partial charge in [0.15, 0.2) is 0 Å². The van der Waals surface area contributed by atoms with Crippen molar-refractivity contribution in [3.63, 3.8) is 0 Å². The van der Waals surface area contributed by atoms with Crippen LogP contribution in [-0.2, 0) is 28.6 Å². The van der Waals surface area contributed by atoms with Crippen molar-refractivity contribution in [1.29, 1.82) is 0 Å². The van der Waals surface area contributed by atoms with Gasteiger partial charge in [0.2, 0.25) is 0 Å². The van der Waals surface area contributed by atoms with Crippen LogP contribution in [0, 0.1) is 5.92 Å². The third-order valence-electron chi connectivity index (χ3n) is 3.04. The van der Waals surface area contributed by atoms with E-state index < -0.39 is 23.8 Å². The minimum atomic E-state index is -1.07.